The average Bonchev–Trinajstić information content (AvgIpc) is 2.50. The fourth-order valence-electron chi connectivity index (χ4n) is 0.564. The van der Waals surface area contributed by atoms with Gasteiger partial charge in [0.2, 0.25) is 5.82 Å². The lowest BCUT2D eigenvalue weighted by Crippen LogP contribution is -2.07. The molecule has 0 fully saturated rings. The molecule has 0 spiro atoms. The summed E-state index contributed by atoms with van der Waals surface area (Å²) in [4.78, 5) is 3.86. The number of nitrogens with zero attached hydrogens (tertiary/aromatic N) is 2. The molecular formula is C5H10N4O2. The zero-order chi connectivity index (χ0) is 8.27. The summed E-state index contributed by atoms with van der Waals surface area (Å²) in [7, 11) is 1.57. The van der Waals surface area contributed by atoms with Crippen LogP contribution < -0.4 is 11.3 Å². The minimum absolute atomic E-state index is 0.180. The first-order chi connectivity index (χ1) is 5.27. The van der Waals surface area contributed by atoms with Crippen LogP contribution in [0.4, 0.5) is 6.01 Å². The van der Waals surface area contributed by atoms with E-state index in [1.54, 1.807) is 7.11 Å². The normalized spacial score (nSPS) is 13.0. The van der Waals surface area contributed by atoms with E-state index < -0.39 is 0 Å². The Morgan fingerprint density at radius 1 is 1.73 bits per heavy atom. The third-order valence-electron chi connectivity index (χ3n) is 1.28. The summed E-state index contributed by atoms with van der Waals surface area (Å²) in [6.07, 6.45) is -0.180. The van der Waals surface area contributed by atoms with Crippen molar-refractivity contribution in [3.05, 3.63) is 5.82 Å². The summed E-state index contributed by atoms with van der Waals surface area (Å²) >= 11 is 0. The van der Waals surface area contributed by atoms with E-state index in [2.05, 4.69) is 20.1 Å². The maximum absolute atomic E-state index is 5.02. The summed E-state index contributed by atoms with van der Waals surface area (Å²) in [5.74, 6) is 5.49. The molecule has 6 nitrogen and oxygen atoms in total. The molecule has 0 aromatic carbocycles. The first kappa shape index (κ1) is 7.96. The van der Waals surface area contributed by atoms with E-state index in [0.29, 0.717) is 5.82 Å². The molecule has 11 heavy (non-hydrogen) atoms. The van der Waals surface area contributed by atoms with Crippen molar-refractivity contribution in [2.24, 2.45) is 5.84 Å². The lowest BCUT2D eigenvalue weighted by atomic mass is 10.4. The molecule has 62 valence electrons. The number of aromatic nitrogens is 2. The van der Waals surface area contributed by atoms with Crippen molar-refractivity contribution in [2.75, 3.05) is 12.5 Å². The van der Waals surface area contributed by atoms with Crippen LogP contribution in [0.1, 0.15) is 18.9 Å². The smallest absolute Gasteiger partial charge is 0.335 e. The van der Waals surface area contributed by atoms with Gasteiger partial charge in [0.25, 0.3) is 0 Å². The maximum atomic E-state index is 5.02. The second-order valence-electron chi connectivity index (χ2n) is 1.98. The molecule has 0 aliphatic carbocycles. The van der Waals surface area contributed by atoms with Gasteiger partial charge in [-0.15, -0.1) is 0 Å². The lowest BCUT2D eigenvalue weighted by Gasteiger charge is -2.00. The van der Waals surface area contributed by atoms with Crippen LogP contribution in [0.15, 0.2) is 4.52 Å². The Kier molecular flexibility index (Phi) is 2.40. The number of hydrazine groups is 1. The maximum Gasteiger partial charge on any atom is 0.335 e. The predicted molar refractivity (Wildman–Crippen MR) is 37.5 cm³/mol. The first-order valence-corrected chi connectivity index (χ1v) is 3.11. The Balaban J connectivity index is 2.71. The molecule has 0 amide bonds. The van der Waals surface area contributed by atoms with Crippen LogP contribution in [0.5, 0.6) is 0 Å². The van der Waals surface area contributed by atoms with E-state index in [4.69, 9.17) is 10.6 Å². The number of nitrogens with one attached hydrogen (secondary N) is 1. The molecule has 1 rings (SSSR count). The Bertz CT molecular complexity index is 224. The molecule has 6 heteroatoms. The highest BCUT2D eigenvalue weighted by Crippen LogP contribution is 2.12. The summed E-state index contributed by atoms with van der Waals surface area (Å²) in [5.41, 5.74) is 2.23. The molecule has 0 saturated heterocycles. The Labute approximate surface area is 63.7 Å². The molecule has 1 aromatic rings. The summed E-state index contributed by atoms with van der Waals surface area (Å²) in [6, 6.07) is 0.184. The van der Waals surface area contributed by atoms with Crippen LogP contribution in [0.25, 0.3) is 0 Å². The van der Waals surface area contributed by atoms with Crippen molar-refractivity contribution in [3.8, 4) is 0 Å². The number of hydrogen-bond acceptors (Lipinski definition) is 6. The van der Waals surface area contributed by atoms with Crippen LogP contribution in [-0.4, -0.2) is 17.3 Å². The van der Waals surface area contributed by atoms with Gasteiger partial charge in [-0.1, -0.05) is 5.16 Å². The minimum Gasteiger partial charge on any atom is -0.374 e. The van der Waals surface area contributed by atoms with Crippen LogP contribution in [0.2, 0.25) is 0 Å². The van der Waals surface area contributed by atoms with Crippen molar-refractivity contribution in [1.82, 2.24) is 10.1 Å². The lowest BCUT2D eigenvalue weighted by molar-refractivity contribution is 0.109. The van der Waals surface area contributed by atoms with E-state index in [1.165, 1.54) is 0 Å². The highest BCUT2D eigenvalue weighted by molar-refractivity contribution is 5.15. The van der Waals surface area contributed by atoms with Gasteiger partial charge in [0.15, 0.2) is 0 Å². The predicted octanol–water partition coefficient (Wildman–Crippen LogP) is 0.0626. The number of rotatable bonds is 3. The SMILES string of the molecule is COC(C)c1noc(NN)n1. The molecule has 1 unspecified atom stereocenters. The monoisotopic (exact) mass is 158 g/mol. The number of ether oxygens (including phenoxy) is 1. The molecular weight excluding hydrogens is 148 g/mol. The molecule has 0 aliphatic heterocycles. The Morgan fingerprint density at radius 3 is 2.91 bits per heavy atom. The standard InChI is InChI=1S/C5H10N4O2/c1-3(10-2)4-7-5(8-6)11-9-4/h3H,6H2,1-2H3,(H,7,8,9). The molecule has 0 aliphatic rings. The average molecular weight is 158 g/mol. The fraction of sp³-hybridized carbons (Fsp3) is 0.600. The van der Waals surface area contributed by atoms with E-state index in [0.717, 1.165) is 0 Å². The van der Waals surface area contributed by atoms with E-state index >= 15 is 0 Å². The number of anilines is 1. The first-order valence-electron chi connectivity index (χ1n) is 3.11. The van der Waals surface area contributed by atoms with Gasteiger partial charge in [-0.05, 0) is 6.92 Å². The van der Waals surface area contributed by atoms with Crippen LogP contribution in [0, 0.1) is 0 Å². The number of methoxy groups -OCH3 is 1. The second-order valence-corrected chi connectivity index (χ2v) is 1.98. The van der Waals surface area contributed by atoms with Crippen molar-refractivity contribution >= 4 is 6.01 Å². The van der Waals surface area contributed by atoms with Crippen molar-refractivity contribution in [2.45, 2.75) is 13.0 Å². The van der Waals surface area contributed by atoms with E-state index in [-0.39, 0.29) is 12.1 Å². The summed E-state index contributed by atoms with van der Waals surface area (Å²) in [5, 5.41) is 3.60. The molecule has 1 atom stereocenters. The van der Waals surface area contributed by atoms with Crippen molar-refractivity contribution < 1.29 is 9.26 Å². The van der Waals surface area contributed by atoms with Gasteiger partial charge in [-0.2, -0.15) is 4.98 Å². The zero-order valence-corrected chi connectivity index (χ0v) is 6.37. The Morgan fingerprint density at radius 2 is 2.45 bits per heavy atom. The third kappa shape index (κ3) is 1.66. The van der Waals surface area contributed by atoms with Gasteiger partial charge >= 0.3 is 6.01 Å². The fourth-order valence-corrected chi connectivity index (χ4v) is 0.564. The summed E-state index contributed by atoms with van der Waals surface area (Å²) < 4.78 is 9.60. The summed E-state index contributed by atoms with van der Waals surface area (Å²) in [6.45, 7) is 1.81. The van der Waals surface area contributed by atoms with Gasteiger partial charge in [0.05, 0.1) is 0 Å². The largest absolute Gasteiger partial charge is 0.374 e. The van der Waals surface area contributed by atoms with Crippen molar-refractivity contribution in [3.63, 3.8) is 0 Å². The topological polar surface area (TPSA) is 86.2 Å². The molecule has 1 heterocycles. The molecule has 0 radical (unpaired) electrons. The number of nitrogen functional groups attached to an aromatic ring is 1. The molecule has 0 saturated carbocycles. The van der Waals surface area contributed by atoms with Crippen LogP contribution in [0.3, 0.4) is 0 Å². The molecule has 1 aromatic heterocycles. The highest BCUT2D eigenvalue weighted by Gasteiger charge is 2.11. The number of hydrogen-bond donors (Lipinski definition) is 2. The number of nitrogens with two attached hydrogens (primary N) is 1. The highest BCUT2D eigenvalue weighted by atomic mass is 16.5. The minimum atomic E-state index is -0.180. The Hall–Kier alpha value is -1.14. The molecule has 0 bridgehead atoms. The molecule has 3 N–H and O–H groups in total. The van der Waals surface area contributed by atoms with Gasteiger partial charge in [-0.25, -0.2) is 5.84 Å². The van der Waals surface area contributed by atoms with Crippen molar-refractivity contribution in [1.29, 1.82) is 0 Å². The quantitative estimate of drug-likeness (QED) is 0.478. The third-order valence-corrected chi connectivity index (χ3v) is 1.28. The van der Waals surface area contributed by atoms with E-state index in [9.17, 15) is 0 Å². The van der Waals surface area contributed by atoms with Gasteiger partial charge in [0.1, 0.15) is 6.10 Å². The van der Waals surface area contributed by atoms with Gasteiger partial charge in [-0.3, -0.25) is 5.43 Å². The van der Waals surface area contributed by atoms with Crippen LogP contribution in [-0.2, 0) is 4.74 Å². The van der Waals surface area contributed by atoms with Crippen LogP contribution >= 0.6 is 0 Å². The zero-order valence-electron chi connectivity index (χ0n) is 6.37. The van der Waals surface area contributed by atoms with E-state index in [1.807, 2.05) is 6.92 Å². The second kappa shape index (κ2) is 3.31. The van der Waals surface area contributed by atoms with Gasteiger partial charge in [0, 0.05) is 7.11 Å². The van der Waals surface area contributed by atoms with Gasteiger partial charge < -0.3 is 9.26 Å².